The van der Waals surface area contributed by atoms with Gasteiger partial charge in [-0.25, -0.2) is 4.68 Å². The molecule has 0 radical (unpaired) electrons. The van der Waals surface area contributed by atoms with Crippen molar-refractivity contribution in [2.75, 3.05) is 26.4 Å². The third kappa shape index (κ3) is 11.3. The molecule has 8 heteroatoms. The van der Waals surface area contributed by atoms with E-state index in [1.54, 1.807) is 0 Å². The van der Waals surface area contributed by atoms with Gasteiger partial charge in [-0.2, -0.15) is 0 Å². The maximum atomic E-state index is 9.01. The van der Waals surface area contributed by atoms with Crippen molar-refractivity contribution in [1.82, 2.24) is 15.0 Å². The number of ether oxygens (including phenoxy) is 3. The standard InChI is InChI=1S/C27H49N3O5/c31-17-5-1-2-7-19-33-20-8-4-12-23-13-9-15-25(34-23)21-30-22-26(28-29-30)27-16-10-14-24(35-27)11-3-6-18-32/h22-25,27,31-32H,1-21H2/t23-,24-,25-,27-/m0/s1. The monoisotopic (exact) mass is 495 g/mol. The van der Waals surface area contributed by atoms with E-state index in [0.717, 1.165) is 122 Å². The van der Waals surface area contributed by atoms with Crippen molar-refractivity contribution in [2.45, 2.75) is 134 Å². The lowest BCUT2D eigenvalue weighted by Crippen LogP contribution is -2.31. The van der Waals surface area contributed by atoms with Crippen LogP contribution in [0.25, 0.3) is 0 Å². The molecule has 8 nitrogen and oxygen atoms in total. The van der Waals surface area contributed by atoms with Gasteiger partial charge in [-0.15, -0.1) is 5.10 Å². The third-order valence-corrected chi connectivity index (χ3v) is 7.26. The molecule has 2 aliphatic rings. The molecule has 4 atom stereocenters. The zero-order valence-corrected chi connectivity index (χ0v) is 21.7. The minimum atomic E-state index is 0.0411. The Morgan fingerprint density at radius 3 is 2.20 bits per heavy atom. The van der Waals surface area contributed by atoms with Gasteiger partial charge >= 0.3 is 0 Å². The topological polar surface area (TPSA) is 98.9 Å². The van der Waals surface area contributed by atoms with E-state index in [9.17, 15) is 0 Å². The number of rotatable bonds is 18. The molecule has 35 heavy (non-hydrogen) atoms. The molecule has 0 aliphatic carbocycles. The van der Waals surface area contributed by atoms with Crippen LogP contribution in [0.5, 0.6) is 0 Å². The van der Waals surface area contributed by atoms with Gasteiger partial charge in [0.25, 0.3) is 0 Å². The van der Waals surface area contributed by atoms with Crippen molar-refractivity contribution in [3.8, 4) is 0 Å². The predicted octanol–water partition coefficient (Wildman–Crippen LogP) is 4.73. The summed E-state index contributed by atoms with van der Waals surface area (Å²) >= 11 is 0. The van der Waals surface area contributed by atoms with E-state index in [2.05, 4.69) is 16.5 Å². The molecule has 202 valence electrons. The van der Waals surface area contributed by atoms with Crippen molar-refractivity contribution in [3.05, 3.63) is 11.9 Å². The summed E-state index contributed by atoms with van der Waals surface area (Å²) in [4.78, 5) is 0. The molecular weight excluding hydrogens is 446 g/mol. The van der Waals surface area contributed by atoms with Gasteiger partial charge in [0.05, 0.1) is 31.1 Å². The van der Waals surface area contributed by atoms with Crippen LogP contribution >= 0.6 is 0 Å². The number of aliphatic hydroxyl groups is 2. The highest BCUT2D eigenvalue weighted by atomic mass is 16.5. The number of hydrogen-bond donors (Lipinski definition) is 2. The molecule has 0 unspecified atom stereocenters. The quantitative estimate of drug-likeness (QED) is 0.284. The average Bonchev–Trinajstić information content (AvgIpc) is 3.34. The molecule has 3 rings (SSSR count). The van der Waals surface area contributed by atoms with Crippen molar-refractivity contribution in [3.63, 3.8) is 0 Å². The second-order valence-electron chi connectivity index (χ2n) is 10.3. The van der Waals surface area contributed by atoms with Gasteiger partial charge in [0.1, 0.15) is 11.8 Å². The van der Waals surface area contributed by atoms with E-state index in [0.29, 0.717) is 12.7 Å². The molecule has 1 aromatic heterocycles. The summed E-state index contributed by atoms with van der Waals surface area (Å²) in [5, 5.41) is 26.6. The van der Waals surface area contributed by atoms with Gasteiger partial charge < -0.3 is 24.4 Å². The fourth-order valence-corrected chi connectivity index (χ4v) is 5.25. The summed E-state index contributed by atoms with van der Waals surface area (Å²) in [6, 6.07) is 0. The molecule has 1 aromatic rings. The van der Waals surface area contributed by atoms with Gasteiger partial charge in [-0.1, -0.05) is 18.1 Å². The summed E-state index contributed by atoms with van der Waals surface area (Å²) in [6.07, 6.45) is 20.1. The van der Waals surface area contributed by atoms with Gasteiger partial charge in [0, 0.05) is 26.4 Å². The minimum Gasteiger partial charge on any atom is -0.396 e. The second kappa shape index (κ2) is 17.4. The molecule has 2 saturated heterocycles. The highest BCUT2D eigenvalue weighted by Crippen LogP contribution is 2.32. The molecule has 2 fully saturated rings. The predicted molar refractivity (Wildman–Crippen MR) is 135 cm³/mol. The van der Waals surface area contributed by atoms with E-state index in [1.165, 1.54) is 6.42 Å². The van der Waals surface area contributed by atoms with Gasteiger partial charge in [0.15, 0.2) is 0 Å². The molecule has 0 amide bonds. The molecule has 3 heterocycles. The Balaban J connectivity index is 1.29. The highest BCUT2D eigenvalue weighted by molar-refractivity contribution is 4.99. The average molecular weight is 496 g/mol. The normalized spacial score (nSPS) is 25.2. The first-order chi connectivity index (χ1) is 17.3. The van der Waals surface area contributed by atoms with Crippen LogP contribution in [0.4, 0.5) is 0 Å². The summed E-state index contributed by atoms with van der Waals surface area (Å²) in [5.41, 5.74) is 0.942. The number of aromatic nitrogens is 3. The lowest BCUT2D eigenvalue weighted by molar-refractivity contribution is -0.0629. The highest BCUT2D eigenvalue weighted by Gasteiger charge is 2.27. The fraction of sp³-hybridized carbons (Fsp3) is 0.926. The van der Waals surface area contributed by atoms with E-state index in [-0.39, 0.29) is 24.9 Å². The van der Waals surface area contributed by atoms with E-state index >= 15 is 0 Å². The Kier molecular flexibility index (Phi) is 14.2. The van der Waals surface area contributed by atoms with Crippen molar-refractivity contribution in [2.24, 2.45) is 0 Å². The Morgan fingerprint density at radius 1 is 0.771 bits per heavy atom. The maximum Gasteiger partial charge on any atom is 0.111 e. The van der Waals surface area contributed by atoms with Crippen molar-refractivity contribution in [1.29, 1.82) is 0 Å². The Morgan fingerprint density at radius 2 is 1.40 bits per heavy atom. The molecule has 0 bridgehead atoms. The maximum absolute atomic E-state index is 9.01. The van der Waals surface area contributed by atoms with Crippen LogP contribution in [0.3, 0.4) is 0 Å². The molecule has 0 aromatic carbocycles. The minimum absolute atomic E-state index is 0.0411. The summed E-state index contributed by atoms with van der Waals surface area (Å²) < 4.78 is 20.4. The molecule has 0 spiro atoms. The Hall–Kier alpha value is -1.06. The molecular formula is C27H49N3O5. The summed E-state index contributed by atoms with van der Waals surface area (Å²) in [5.74, 6) is 0. The summed E-state index contributed by atoms with van der Waals surface area (Å²) in [6.45, 7) is 2.99. The first kappa shape index (κ1) is 28.5. The lowest BCUT2D eigenvalue weighted by Gasteiger charge is -2.30. The van der Waals surface area contributed by atoms with Crippen LogP contribution in [-0.4, -0.2) is 69.9 Å². The SMILES string of the molecule is OCCCCCCOCCCC[C@H]1CCC[C@@H](Cn2cc([C@@H]3CCC[C@H](CCCCO)O3)nn2)O1. The summed E-state index contributed by atoms with van der Waals surface area (Å²) in [7, 11) is 0. The van der Waals surface area contributed by atoms with Gasteiger partial charge in [-0.05, 0) is 89.9 Å². The second-order valence-corrected chi connectivity index (χ2v) is 10.3. The molecule has 2 N–H and O–H groups in total. The van der Waals surface area contributed by atoms with Gasteiger partial charge in [-0.3, -0.25) is 0 Å². The number of unbranched alkanes of at least 4 members (excludes halogenated alkanes) is 5. The first-order valence-electron chi connectivity index (χ1n) is 14.3. The smallest absolute Gasteiger partial charge is 0.111 e. The van der Waals surface area contributed by atoms with E-state index in [4.69, 9.17) is 24.4 Å². The number of aliphatic hydroxyl groups excluding tert-OH is 2. The van der Waals surface area contributed by atoms with Crippen molar-refractivity contribution < 1.29 is 24.4 Å². The number of hydrogen-bond acceptors (Lipinski definition) is 7. The van der Waals surface area contributed by atoms with E-state index < -0.39 is 0 Å². The van der Waals surface area contributed by atoms with Crippen LogP contribution in [0, 0.1) is 0 Å². The zero-order chi connectivity index (χ0) is 24.6. The van der Waals surface area contributed by atoms with Crippen LogP contribution < -0.4 is 0 Å². The first-order valence-corrected chi connectivity index (χ1v) is 14.3. The fourth-order valence-electron chi connectivity index (χ4n) is 5.25. The Labute approximate surface area is 211 Å². The zero-order valence-electron chi connectivity index (χ0n) is 21.7. The van der Waals surface area contributed by atoms with Gasteiger partial charge in [0.2, 0.25) is 0 Å². The van der Waals surface area contributed by atoms with Crippen LogP contribution in [0.2, 0.25) is 0 Å². The van der Waals surface area contributed by atoms with Crippen LogP contribution in [-0.2, 0) is 20.8 Å². The third-order valence-electron chi connectivity index (χ3n) is 7.26. The van der Waals surface area contributed by atoms with Crippen LogP contribution in [0.15, 0.2) is 6.20 Å². The largest absolute Gasteiger partial charge is 0.396 e. The number of nitrogens with zero attached hydrogens (tertiary/aromatic N) is 3. The Bertz CT molecular complexity index is 659. The molecule has 0 saturated carbocycles. The van der Waals surface area contributed by atoms with Crippen LogP contribution in [0.1, 0.15) is 115 Å². The van der Waals surface area contributed by atoms with Crippen molar-refractivity contribution >= 4 is 0 Å². The molecule has 2 aliphatic heterocycles. The van der Waals surface area contributed by atoms with E-state index in [1.807, 2.05) is 4.68 Å². The lowest BCUT2D eigenvalue weighted by atomic mass is 9.99.